The van der Waals surface area contributed by atoms with Crippen LogP contribution in [0.4, 0.5) is 17.6 Å². The predicted octanol–water partition coefficient (Wildman–Crippen LogP) is 2.97. The number of alkyl halides is 3. The topological polar surface area (TPSA) is 21.3 Å². The molecule has 6 heteroatoms. The minimum absolute atomic E-state index is 0.0155. The Morgan fingerprint density at radius 1 is 1.32 bits per heavy atom. The molecule has 1 fully saturated rings. The van der Waals surface area contributed by atoms with Crippen LogP contribution in [0.25, 0.3) is 0 Å². The molecule has 2 nitrogen and oxygen atoms in total. The number of hydrogen-bond donors (Lipinski definition) is 1. The van der Waals surface area contributed by atoms with Crippen molar-refractivity contribution in [1.82, 2.24) is 5.32 Å². The average Bonchev–Trinajstić information content (AvgIpc) is 2.27. The normalized spacial score (nSPS) is 18.2. The first-order valence-electron chi connectivity index (χ1n) is 5.94. The first-order chi connectivity index (χ1) is 8.80. The fourth-order valence-corrected chi connectivity index (χ4v) is 2.02. The van der Waals surface area contributed by atoms with Crippen LogP contribution >= 0.6 is 0 Å². The van der Waals surface area contributed by atoms with Crippen LogP contribution in [0, 0.1) is 11.2 Å². The van der Waals surface area contributed by atoms with Gasteiger partial charge < -0.3 is 10.1 Å². The quantitative estimate of drug-likeness (QED) is 0.854. The molecule has 0 amide bonds. The van der Waals surface area contributed by atoms with Crippen LogP contribution in [0.3, 0.4) is 0 Å². The van der Waals surface area contributed by atoms with Crippen molar-refractivity contribution in [1.29, 1.82) is 0 Å². The molecule has 0 bridgehead atoms. The van der Waals surface area contributed by atoms with Gasteiger partial charge in [0.1, 0.15) is 5.82 Å². The van der Waals surface area contributed by atoms with Gasteiger partial charge in [0.25, 0.3) is 0 Å². The van der Waals surface area contributed by atoms with Gasteiger partial charge in [0.05, 0.1) is 18.8 Å². The molecule has 0 atom stereocenters. The lowest BCUT2D eigenvalue weighted by atomic mass is 9.88. The van der Waals surface area contributed by atoms with Gasteiger partial charge in [-0.05, 0) is 17.7 Å². The molecule has 0 spiro atoms. The fourth-order valence-electron chi connectivity index (χ4n) is 2.02. The van der Waals surface area contributed by atoms with E-state index in [1.54, 1.807) is 0 Å². The summed E-state index contributed by atoms with van der Waals surface area (Å²) in [5.74, 6) is -0.879. The van der Waals surface area contributed by atoms with E-state index < -0.39 is 17.6 Å². The third-order valence-corrected chi connectivity index (χ3v) is 3.15. The smallest absolute Gasteiger partial charge is 0.380 e. The van der Waals surface area contributed by atoms with Gasteiger partial charge in [0.2, 0.25) is 0 Å². The highest BCUT2D eigenvalue weighted by molar-refractivity contribution is 5.30. The van der Waals surface area contributed by atoms with E-state index in [0.29, 0.717) is 25.8 Å². The molecule has 0 saturated carbocycles. The number of benzene rings is 1. The van der Waals surface area contributed by atoms with Gasteiger partial charge in [0, 0.05) is 18.5 Å². The molecule has 0 radical (unpaired) electrons. The maximum atomic E-state index is 12.9. The molecule has 0 aliphatic carbocycles. The largest absolute Gasteiger partial charge is 0.416 e. The summed E-state index contributed by atoms with van der Waals surface area (Å²) >= 11 is 0. The molecule has 1 heterocycles. The van der Waals surface area contributed by atoms with E-state index in [0.717, 1.165) is 6.07 Å². The molecule has 1 aliphatic heterocycles. The second-order valence-electron chi connectivity index (χ2n) is 5.21. The Morgan fingerprint density at radius 3 is 2.53 bits per heavy atom. The van der Waals surface area contributed by atoms with Gasteiger partial charge in [-0.25, -0.2) is 4.39 Å². The van der Waals surface area contributed by atoms with Crippen LogP contribution in [0.2, 0.25) is 0 Å². The highest BCUT2D eigenvalue weighted by Crippen LogP contribution is 2.32. The SMILES string of the molecule is CC1(CNCc2ccc(F)cc2C(F)(F)F)COC1. The van der Waals surface area contributed by atoms with Crippen molar-refractivity contribution in [2.45, 2.75) is 19.6 Å². The van der Waals surface area contributed by atoms with Gasteiger partial charge in [-0.2, -0.15) is 13.2 Å². The zero-order valence-corrected chi connectivity index (χ0v) is 10.5. The highest BCUT2D eigenvalue weighted by atomic mass is 19.4. The molecule has 1 aromatic carbocycles. The molecular weight excluding hydrogens is 262 g/mol. The van der Waals surface area contributed by atoms with Crippen LogP contribution in [-0.2, 0) is 17.5 Å². The fraction of sp³-hybridized carbons (Fsp3) is 0.538. The Balaban J connectivity index is 2.03. The Hall–Kier alpha value is -1.14. The molecule has 0 unspecified atom stereocenters. The molecule has 1 saturated heterocycles. The molecule has 2 rings (SSSR count). The molecular formula is C13H15F4NO. The minimum atomic E-state index is -4.54. The maximum absolute atomic E-state index is 12.9. The zero-order chi connectivity index (χ0) is 14.1. The van der Waals surface area contributed by atoms with Crippen LogP contribution < -0.4 is 5.32 Å². The van der Waals surface area contributed by atoms with Crippen molar-refractivity contribution >= 4 is 0 Å². The predicted molar refractivity (Wildman–Crippen MR) is 62.0 cm³/mol. The molecule has 106 valence electrons. The molecule has 1 aromatic rings. The third-order valence-electron chi connectivity index (χ3n) is 3.15. The van der Waals surface area contributed by atoms with E-state index in [9.17, 15) is 17.6 Å². The molecule has 0 aromatic heterocycles. The van der Waals surface area contributed by atoms with Crippen LogP contribution in [0.15, 0.2) is 18.2 Å². The highest BCUT2D eigenvalue weighted by Gasteiger charge is 2.35. The van der Waals surface area contributed by atoms with Crippen molar-refractivity contribution in [2.24, 2.45) is 5.41 Å². The van der Waals surface area contributed by atoms with Crippen molar-refractivity contribution in [3.8, 4) is 0 Å². The second-order valence-corrected chi connectivity index (χ2v) is 5.21. The first kappa shape index (κ1) is 14.3. The van der Waals surface area contributed by atoms with Gasteiger partial charge in [0.15, 0.2) is 0 Å². The summed E-state index contributed by atoms with van der Waals surface area (Å²) in [5.41, 5.74) is -0.883. The number of halogens is 4. The number of ether oxygens (including phenoxy) is 1. The lowest BCUT2D eigenvalue weighted by Crippen LogP contribution is -2.47. The van der Waals surface area contributed by atoms with E-state index >= 15 is 0 Å². The third kappa shape index (κ3) is 3.45. The lowest BCUT2D eigenvalue weighted by Gasteiger charge is -2.38. The Kier molecular flexibility index (Phi) is 3.82. The molecule has 19 heavy (non-hydrogen) atoms. The van der Waals surface area contributed by atoms with E-state index in [2.05, 4.69) is 5.32 Å². The van der Waals surface area contributed by atoms with Crippen molar-refractivity contribution in [3.05, 3.63) is 35.1 Å². The average molecular weight is 277 g/mol. The summed E-state index contributed by atoms with van der Waals surface area (Å²) in [6.07, 6.45) is -4.54. The maximum Gasteiger partial charge on any atom is 0.416 e. The van der Waals surface area contributed by atoms with Crippen LogP contribution in [0.5, 0.6) is 0 Å². The Labute approximate surface area is 108 Å². The summed E-state index contributed by atoms with van der Waals surface area (Å²) < 4.78 is 56.2. The second kappa shape index (κ2) is 5.09. The van der Waals surface area contributed by atoms with Crippen LogP contribution in [0.1, 0.15) is 18.1 Å². The van der Waals surface area contributed by atoms with Crippen molar-refractivity contribution in [3.63, 3.8) is 0 Å². The molecule has 1 N–H and O–H groups in total. The standard InChI is InChI=1S/C13H15F4NO/c1-12(7-19-8-12)6-18-5-9-2-3-10(14)4-11(9)13(15,16)17/h2-4,18H,5-8H2,1H3. The van der Waals surface area contributed by atoms with Gasteiger partial charge in [-0.15, -0.1) is 0 Å². The summed E-state index contributed by atoms with van der Waals surface area (Å²) in [7, 11) is 0. The van der Waals surface area contributed by atoms with Crippen molar-refractivity contribution < 1.29 is 22.3 Å². The van der Waals surface area contributed by atoms with Gasteiger partial charge in [-0.1, -0.05) is 13.0 Å². The lowest BCUT2D eigenvalue weighted by molar-refractivity contribution is -0.138. The van der Waals surface area contributed by atoms with Crippen molar-refractivity contribution in [2.75, 3.05) is 19.8 Å². The van der Waals surface area contributed by atoms with E-state index in [1.165, 1.54) is 6.07 Å². The van der Waals surface area contributed by atoms with Gasteiger partial charge in [-0.3, -0.25) is 0 Å². The molecule has 1 aliphatic rings. The Bertz CT molecular complexity index is 454. The summed E-state index contributed by atoms with van der Waals surface area (Å²) in [6, 6.07) is 2.75. The van der Waals surface area contributed by atoms with Gasteiger partial charge >= 0.3 is 6.18 Å². The summed E-state index contributed by atoms with van der Waals surface area (Å²) in [5, 5.41) is 2.97. The Morgan fingerprint density at radius 2 is 2.00 bits per heavy atom. The summed E-state index contributed by atoms with van der Waals surface area (Å²) in [6.45, 7) is 3.84. The number of nitrogens with one attached hydrogen (secondary N) is 1. The summed E-state index contributed by atoms with van der Waals surface area (Å²) in [4.78, 5) is 0. The number of hydrogen-bond acceptors (Lipinski definition) is 2. The van der Waals surface area contributed by atoms with E-state index in [-0.39, 0.29) is 17.5 Å². The van der Waals surface area contributed by atoms with Crippen LogP contribution in [-0.4, -0.2) is 19.8 Å². The van der Waals surface area contributed by atoms with E-state index in [1.807, 2.05) is 6.92 Å². The first-order valence-corrected chi connectivity index (χ1v) is 5.94. The van der Waals surface area contributed by atoms with E-state index in [4.69, 9.17) is 4.74 Å². The monoisotopic (exact) mass is 277 g/mol. The minimum Gasteiger partial charge on any atom is -0.380 e. The zero-order valence-electron chi connectivity index (χ0n) is 10.5. The number of rotatable bonds is 4.